The Morgan fingerprint density at radius 3 is 2.67 bits per heavy atom. The first-order valence-electron chi connectivity index (χ1n) is 10.3. The number of hydrogen-bond acceptors (Lipinski definition) is 5. The molecule has 3 heterocycles. The van der Waals surface area contributed by atoms with Gasteiger partial charge in [0, 0.05) is 22.3 Å². The van der Waals surface area contributed by atoms with Gasteiger partial charge in [-0.3, -0.25) is 14.2 Å². The monoisotopic (exact) mass is 458 g/mol. The molecule has 6 nitrogen and oxygen atoms in total. The van der Waals surface area contributed by atoms with Crippen LogP contribution in [0.1, 0.15) is 27.2 Å². The molecule has 0 atom stereocenters. The highest BCUT2D eigenvalue weighted by Gasteiger charge is 2.16. The van der Waals surface area contributed by atoms with Gasteiger partial charge in [-0.1, -0.05) is 12.1 Å². The summed E-state index contributed by atoms with van der Waals surface area (Å²) >= 11 is 1.32. The third-order valence-corrected chi connectivity index (χ3v) is 6.55. The number of rotatable bonds is 3. The lowest BCUT2D eigenvalue weighted by molar-refractivity contribution is 0.102. The molecule has 0 spiro atoms. The van der Waals surface area contributed by atoms with E-state index in [0.717, 1.165) is 21.5 Å². The number of carbonyl (C=O) groups is 1. The average Bonchev–Trinajstić information content (AvgIpc) is 3.16. The Morgan fingerprint density at radius 1 is 1.06 bits per heavy atom. The van der Waals surface area contributed by atoms with Crippen LogP contribution in [0.4, 0.5) is 10.1 Å². The van der Waals surface area contributed by atoms with Gasteiger partial charge >= 0.3 is 0 Å². The van der Waals surface area contributed by atoms with E-state index < -0.39 is 11.7 Å². The maximum absolute atomic E-state index is 13.8. The van der Waals surface area contributed by atoms with Gasteiger partial charge in [0.25, 0.3) is 11.5 Å². The molecule has 0 aliphatic heterocycles. The minimum Gasteiger partial charge on any atom is -0.322 e. The van der Waals surface area contributed by atoms with Crippen LogP contribution in [0.25, 0.3) is 26.1 Å². The molecule has 0 aliphatic carbocycles. The molecule has 0 saturated carbocycles. The zero-order valence-electron chi connectivity index (χ0n) is 18.1. The topological polar surface area (TPSA) is 76.9 Å². The quantitative estimate of drug-likeness (QED) is 0.397. The first kappa shape index (κ1) is 21.0. The van der Waals surface area contributed by atoms with Crippen molar-refractivity contribution in [3.05, 3.63) is 93.4 Å². The maximum Gasteiger partial charge on any atom is 0.275 e. The highest BCUT2D eigenvalue weighted by molar-refractivity contribution is 7.25. The number of aryl methyl sites for hydroxylation is 3. The number of halogens is 1. The zero-order chi connectivity index (χ0) is 23.3. The van der Waals surface area contributed by atoms with Crippen LogP contribution in [0, 0.1) is 26.6 Å². The Balaban J connectivity index is 1.54. The number of thiophene rings is 1. The van der Waals surface area contributed by atoms with Gasteiger partial charge in [-0.05, 0) is 68.3 Å². The second kappa shape index (κ2) is 7.90. The lowest BCUT2D eigenvalue weighted by Crippen LogP contribution is -2.19. The second-order valence-electron chi connectivity index (χ2n) is 7.93. The molecule has 0 bridgehead atoms. The Labute approximate surface area is 192 Å². The Hall–Kier alpha value is -3.91. The molecule has 0 saturated heterocycles. The van der Waals surface area contributed by atoms with Gasteiger partial charge in [0.15, 0.2) is 0 Å². The first-order chi connectivity index (χ1) is 15.8. The van der Waals surface area contributed by atoms with Crippen LogP contribution in [-0.4, -0.2) is 20.4 Å². The molecular formula is C25H19FN4O2S. The van der Waals surface area contributed by atoms with E-state index in [-0.39, 0.29) is 5.56 Å². The number of hydrogen-bond donors (Lipinski definition) is 1. The van der Waals surface area contributed by atoms with E-state index in [1.165, 1.54) is 28.3 Å². The van der Waals surface area contributed by atoms with Crippen molar-refractivity contribution in [2.45, 2.75) is 20.8 Å². The van der Waals surface area contributed by atoms with Crippen LogP contribution in [0.15, 0.2) is 59.7 Å². The number of aromatic nitrogens is 3. The van der Waals surface area contributed by atoms with Crippen LogP contribution in [-0.2, 0) is 0 Å². The van der Waals surface area contributed by atoms with Crippen molar-refractivity contribution in [2.24, 2.45) is 0 Å². The fourth-order valence-corrected chi connectivity index (χ4v) is 5.00. The highest BCUT2D eigenvalue weighted by atomic mass is 32.1. The van der Waals surface area contributed by atoms with Gasteiger partial charge in [-0.15, -0.1) is 11.3 Å². The summed E-state index contributed by atoms with van der Waals surface area (Å²) < 4.78 is 15.7. The Bertz CT molecular complexity index is 1640. The summed E-state index contributed by atoms with van der Waals surface area (Å²) in [4.78, 5) is 35.9. The van der Waals surface area contributed by atoms with Crippen LogP contribution >= 0.6 is 11.3 Å². The minimum atomic E-state index is -0.403. The number of fused-ring (bicyclic) bond motifs is 3. The summed E-state index contributed by atoms with van der Waals surface area (Å²) in [5, 5.41) is 3.58. The molecule has 8 heteroatoms. The van der Waals surface area contributed by atoms with Crippen molar-refractivity contribution in [1.29, 1.82) is 0 Å². The van der Waals surface area contributed by atoms with E-state index in [9.17, 15) is 14.0 Å². The van der Waals surface area contributed by atoms with Gasteiger partial charge in [0.05, 0.1) is 11.2 Å². The number of pyridine rings is 1. The second-order valence-corrected chi connectivity index (χ2v) is 8.93. The van der Waals surface area contributed by atoms with Crippen LogP contribution in [0.3, 0.4) is 0 Å². The summed E-state index contributed by atoms with van der Waals surface area (Å²) in [6.45, 7) is 5.56. The van der Waals surface area contributed by atoms with Gasteiger partial charge in [-0.2, -0.15) is 0 Å². The summed E-state index contributed by atoms with van der Waals surface area (Å²) in [5.74, 6) is -0.796. The van der Waals surface area contributed by atoms with Gasteiger partial charge in [-0.25, -0.2) is 14.4 Å². The molecule has 0 radical (unpaired) electrons. The van der Waals surface area contributed by atoms with Crippen LogP contribution in [0.5, 0.6) is 0 Å². The van der Waals surface area contributed by atoms with Crippen molar-refractivity contribution in [3.63, 3.8) is 0 Å². The number of anilines is 1. The molecule has 5 rings (SSSR count). The predicted octanol–water partition coefficient (Wildman–Crippen LogP) is 5.31. The van der Waals surface area contributed by atoms with E-state index in [2.05, 4.69) is 15.3 Å². The smallest absolute Gasteiger partial charge is 0.275 e. The standard InChI is InChI=1S/C25H19FN4O2S/c1-13-7-8-17(11-19(13)26)29-23(31)16-5-4-6-18(10-16)30-12-27-21-20-14(2)9-15(3)28-24(20)33-22(21)25(30)32/h4-12H,1-3H3,(H,29,31). The van der Waals surface area contributed by atoms with E-state index in [1.807, 2.05) is 19.9 Å². The summed E-state index contributed by atoms with van der Waals surface area (Å²) in [7, 11) is 0. The summed E-state index contributed by atoms with van der Waals surface area (Å²) in [5.41, 5.74) is 4.03. The third-order valence-electron chi connectivity index (χ3n) is 5.49. The van der Waals surface area contributed by atoms with Crippen molar-refractivity contribution in [3.8, 4) is 5.69 Å². The van der Waals surface area contributed by atoms with Crippen molar-refractivity contribution in [2.75, 3.05) is 5.32 Å². The molecule has 3 aromatic heterocycles. The number of carbonyl (C=O) groups excluding carboxylic acids is 1. The number of amides is 1. The molecule has 0 unspecified atom stereocenters. The van der Waals surface area contributed by atoms with Crippen LogP contribution in [0.2, 0.25) is 0 Å². The molecule has 1 amide bonds. The SMILES string of the molecule is Cc1cc(C)c2c(n1)sc1c(=O)n(-c3cccc(C(=O)Nc4ccc(C)c(F)c4)c3)cnc12. The zero-order valence-corrected chi connectivity index (χ0v) is 19.0. The normalized spacial score (nSPS) is 11.3. The highest BCUT2D eigenvalue weighted by Crippen LogP contribution is 2.32. The molecule has 0 aliphatic rings. The third kappa shape index (κ3) is 3.68. The summed E-state index contributed by atoms with van der Waals surface area (Å²) in [6, 6.07) is 13.2. The fourth-order valence-electron chi connectivity index (χ4n) is 3.82. The number of benzene rings is 2. The van der Waals surface area contributed by atoms with Crippen molar-refractivity contribution >= 4 is 43.4 Å². The lowest BCUT2D eigenvalue weighted by Gasteiger charge is -2.09. The van der Waals surface area contributed by atoms with Crippen molar-refractivity contribution in [1.82, 2.24) is 14.5 Å². The largest absolute Gasteiger partial charge is 0.322 e. The molecule has 0 fully saturated rings. The van der Waals surface area contributed by atoms with Gasteiger partial charge < -0.3 is 5.32 Å². The number of nitrogens with zero attached hydrogens (tertiary/aromatic N) is 3. The van der Waals surface area contributed by atoms with E-state index in [0.29, 0.717) is 32.7 Å². The Kier molecular flexibility index (Phi) is 5.02. The van der Waals surface area contributed by atoms with E-state index in [1.54, 1.807) is 43.3 Å². The number of nitrogens with one attached hydrogen (secondary N) is 1. The molecule has 33 heavy (non-hydrogen) atoms. The van der Waals surface area contributed by atoms with Crippen molar-refractivity contribution < 1.29 is 9.18 Å². The van der Waals surface area contributed by atoms with E-state index >= 15 is 0 Å². The van der Waals surface area contributed by atoms with Gasteiger partial charge in [0.2, 0.25) is 0 Å². The first-order valence-corrected chi connectivity index (χ1v) is 11.1. The predicted molar refractivity (Wildman–Crippen MR) is 129 cm³/mol. The molecule has 2 aromatic carbocycles. The van der Waals surface area contributed by atoms with E-state index in [4.69, 9.17) is 0 Å². The van der Waals surface area contributed by atoms with Gasteiger partial charge in [0.1, 0.15) is 21.7 Å². The van der Waals surface area contributed by atoms with Crippen LogP contribution < -0.4 is 10.9 Å². The maximum atomic E-state index is 13.8. The Morgan fingerprint density at radius 2 is 1.88 bits per heavy atom. The molecule has 1 N–H and O–H groups in total. The molecule has 5 aromatic rings. The average molecular weight is 459 g/mol. The fraction of sp³-hybridized carbons (Fsp3) is 0.120. The minimum absolute atomic E-state index is 0.224. The molecule has 164 valence electrons. The summed E-state index contributed by atoms with van der Waals surface area (Å²) in [6.07, 6.45) is 1.47. The molecular weight excluding hydrogens is 439 g/mol. The lowest BCUT2D eigenvalue weighted by atomic mass is 10.1.